The zero-order valence-corrected chi connectivity index (χ0v) is 16.5. The van der Waals surface area contributed by atoms with E-state index >= 15 is 0 Å². The van der Waals surface area contributed by atoms with Crippen LogP contribution < -0.4 is 5.32 Å². The van der Waals surface area contributed by atoms with E-state index in [1.807, 2.05) is 0 Å². The van der Waals surface area contributed by atoms with Crippen molar-refractivity contribution in [2.75, 3.05) is 39.3 Å². The van der Waals surface area contributed by atoms with Crippen molar-refractivity contribution in [3.05, 3.63) is 0 Å². The number of carboxylic acid groups (broad SMARTS) is 1. The molecule has 26 heavy (non-hydrogen) atoms. The monoisotopic (exact) mass is 382 g/mol. The molecule has 5 nitrogen and oxygen atoms in total. The summed E-state index contributed by atoms with van der Waals surface area (Å²) in [4.78, 5) is 12.5. The zero-order valence-electron chi connectivity index (χ0n) is 16.5. The van der Waals surface area contributed by atoms with Crippen LogP contribution in [0.4, 0.5) is 0 Å². The molecular weight excluding hydrogens is 339 g/mol. The summed E-state index contributed by atoms with van der Waals surface area (Å²) in [7, 11) is 0. The van der Waals surface area contributed by atoms with Crippen molar-refractivity contribution in [1.29, 1.82) is 0 Å². The van der Waals surface area contributed by atoms with Crippen LogP contribution in [0.1, 0.15) is 84.0 Å². The maximum absolute atomic E-state index is 10.7. The normalized spacial score (nSPS) is 10.9. The van der Waals surface area contributed by atoms with Gasteiger partial charge in [-0.15, -0.1) is 0 Å². The van der Waals surface area contributed by atoms with Crippen molar-refractivity contribution in [1.82, 2.24) is 10.2 Å². The van der Waals surface area contributed by atoms with E-state index in [0.717, 1.165) is 13.1 Å². The molecule has 0 saturated heterocycles. The number of carbonyl (C=O) groups is 1. The third-order valence-electron chi connectivity index (χ3n) is 4.59. The van der Waals surface area contributed by atoms with Gasteiger partial charge in [0.25, 0.3) is 0 Å². The number of hydrogen-bond acceptors (Lipinski definition) is 4. The first-order valence-corrected chi connectivity index (χ1v) is 10.5. The molecular formula is C20H43N2NaO3. The summed E-state index contributed by atoms with van der Waals surface area (Å²) in [5.41, 5.74) is 0. The molecule has 152 valence electrons. The molecule has 0 unspecified atom stereocenters. The van der Waals surface area contributed by atoms with E-state index in [9.17, 15) is 4.79 Å². The minimum atomic E-state index is -0.839. The van der Waals surface area contributed by atoms with E-state index in [4.69, 9.17) is 10.2 Å². The third-order valence-corrected chi connectivity index (χ3v) is 4.59. The molecule has 3 N–H and O–H groups in total. The van der Waals surface area contributed by atoms with E-state index in [2.05, 4.69) is 12.2 Å². The maximum atomic E-state index is 10.7. The molecule has 0 rings (SSSR count). The number of hydrogen-bond donors (Lipinski definition) is 3. The molecule has 0 aliphatic heterocycles. The molecule has 0 fully saturated rings. The van der Waals surface area contributed by atoms with Crippen molar-refractivity contribution in [2.45, 2.75) is 84.0 Å². The van der Waals surface area contributed by atoms with Crippen LogP contribution in [0, 0.1) is 0 Å². The predicted molar refractivity (Wildman–Crippen MR) is 112 cm³/mol. The van der Waals surface area contributed by atoms with Gasteiger partial charge in [-0.2, -0.15) is 0 Å². The Bertz CT molecular complexity index is 294. The van der Waals surface area contributed by atoms with Gasteiger partial charge in [0.2, 0.25) is 0 Å². The average Bonchev–Trinajstić information content (AvgIpc) is 2.58. The van der Waals surface area contributed by atoms with Gasteiger partial charge >= 0.3 is 35.5 Å². The van der Waals surface area contributed by atoms with Crippen LogP contribution in [-0.2, 0) is 4.79 Å². The predicted octanol–water partition coefficient (Wildman–Crippen LogP) is 3.01. The number of unbranched alkanes of at least 4 members (excludes halogenated alkanes) is 11. The molecule has 0 radical (unpaired) electrons. The summed E-state index contributed by atoms with van der Waals surface area (Å²) in [5, 5.41) is 21.1. The van der Waals surface area contributed by atoms with Crippen LogP contribution in [0.25, 0.3) is 0 Å². The Hall–Kier alpha value is 0.350. The van der Waals surface area contributed by atoms with E-state index in [-0.39, 0.29) is 42.7 Å². The average molecular weight is 383 g/mol. The van der Waals surface area contributed by atoms with Gasteiger partial charge in [-0.1, -0.05) is 77.6 Å². The van der Waals surface area contributed by atoms with Gasteiger partial charge in [-0.05, 0) is 13.0 Å². The number of nitrogens with one attached hydrogen (secondary N) is 1. The molecule has 0 aromatic heterocycles. The molecule has 0 aromatic carbocycles. The van der Waals surface area contributed by atoms with Gasteiger partial charge in [-0.25, -0.2) is 0 Å². The molecule has 0 heterocycles. The second kappa shape index (κ2) is 23.4. The Morgan fingerprint density at radius 1 is 0.808 bits per heavy atom. The standard InChI is InChI=1S/C20H42N2O3.Na.H/c1-2-3-4-5-6-7-8-9-10-11-12-13-14-21-15-16-22(17-18-23)19-20(24)25;;/h21,23H,2-19H2,1H3,(H,24,25);;. The van der Waals surface area contributed by atoms with E-state index < -0.39 is 5.97 Å². The van der Waals surface area contributed by atoms with Gasteiger partial charge in [0.15, 0.2) is 0 Å². The minimum absolute atomic E-state index is 0. The first kappa shape index (κ1) is 28.6. The molecule has 0 aromatic rings. The van der Waals surface area contributed by atoms with Crippen molar-refractivity contribution >= 4 is 35.5 Å². The molecule has 0 amide bonds. The number of nitrogens with zero attached hydrogens (tertiary/aromatic N) is 1. The fourth-order valence-corrected chi connectivity index (χ4v) is 3.06. The van der Waals surface area contributed by atoms with Gasteiger partial charge in [-0.3, -0.25) is 9.69 Å². The van der Waals surface area contributed by atoms with Crippen molar-refractivity contribution < 1.29 is 15.0 Å². The Balaban J connectivity index is 0. The van der Waals surface area contributed by atoms with Crippen LogP contribution in [0.5, 0.6) is 0 Å². The summed E-state index contributed by atoms with van der Waals surface area (Å²) >= 11 is 0. The summed E-state index contributed by atoms with van der Waals surface area (Å²) in [5.74, 6) is -0.839. The SMILES string of the molecule is CCCCCCCCCCCCCCNCCN(CCO)CC(=O)O.[NaH]. The molecule has 6 heteroatoms. The second-order valence-electron chi connectivity index (χ2n) is 7.03. The van der Waals surface area contributed by atoms with Crippen molar-refractivity contribution in [2.24, 2.45) is 0 Å². The molecule has 0 atom stereocenters. The third kappa shape index (κ3) is 22.4. The molecule has 0 aliphatic carbocycles. The summed E-state index contributed by atoms with van der Waals surface area (Å²) in [6, 6.07) is 0. The van der Waals surface area contributed by atoms with E-state index in [0.29, 0.717) is 13.1 Å². The number of aliphatic hydroxyl groups excluding tert-OH is 1. The van der Waals surface area contributed by atoms with Gasteiger partial charge in [0.05, 0.1) is 13.2 Å². The Morgan fingerprint density at radius 2 is 1.31 bits per heavy atom. The zero-order chi connectivity index (χ0) is 18.6. The number of carboxylic acids is 1. The fourth-order valence-electron chi connectivity index (χ4n) is 3.06. The van der Waals surface area contributed by atoms with Crippen molar-refractivity contribution in [3.8, 4) is 0 Å². The van der Waals surface area contributed by atoms with Crippen molar-refractivity contribution in [3.63, 3.8) is 0 Å². The first-order valence-electron chi connectivity index (χ1n) is 10.5. The number of aliphatic hydroxyl groups is 1. The van der Waals surface area contributed by atoms with Crippen LogP contribution in [0.3, 0.4) is 0 Å². The quantitative estimate of drug-likeness (QED) is 0.223. The Labute approximate surface area is 183 Å². The van der Waals surface area contributed by atoms with Crippen LogP contribution in [0.15, 0.2) is 0 Å². The topological polar surface area (TPSA) is 72.8 Å². The molecule has 0 spiro atoms. The molecule has 0 bridgehead atoms. The number of rotatable bonds is 20. The van der Waals surface area contributed by atoms with Crippen LogP contribution >= 0.6 is 0 Å². The molecule has 0 saturated carbocycles. The van der Waals surface area contributed by atoms with Crippen LogP contribution in [-0.4, -0.2) is 90.0 Å². The van der Waals surface area contributed by atoms with E-state index in [1.165, 1.54) is 77.0 Å². The van der Waals surface area contributed by atoms with Crippen LogP contribution in [0.2, 0.25) is 0 Å². The summed E-state index contributed by atoms with van der Waals surface area (Å²) in [6.07, 6.45) is 16.3. The van der Waals surface area contributed by atoms with E-state index in [1.54, 1.807) is 4.90 Å². The van der Waals surface area contributed by atoms with Gasteiger partial charge in [0.1, 0.15) is 0 Å². The summed E-state index contributed by atoms with van der Waals surface area (Å²) < 4.78 is 0. The number of aliphatic carboxylic acids is 1. The first-order chi connectivity index (χ1) is 12.2. The van der Waals surface area contributed by atoms with Gasteiger partial charge < -0.3 is 15.5 Å². The summed E-state index contributed by atoms with van der Waals surface area (Å²) in [6.45, 7) is 5.15. The van der Waals surface area contributed by atoms with Gasteiger partial charge in [0, 0.05) is 19.6 Å². The Morgan fingerprint density at radius 3 is 1.77 bits per heavy atom. The second-order valence-corrected chi connectivity index (χ2v) is 7.03. The Kier molecular flexibility index (Phi) is 25.7. The molecule has 0 aliphatic rings. The fraction of sp³-hybridized carbons (Fsp3) is 0.950.